The summed E-state index contributed by atoms with van der Waals surface area (Å²) in [5.74, 6) is 1.13. The lowest BCUT2D eigenvalue weighted by atomic mass is 10.2. The van der Waals surface area contributed by atoms with Crippen molar-refractivity contribution in [3.8, 4) is 11.5 Å². The molecule has 13 heavy (non-hydrogen) atoms. The van der Waals surface area contributed by atoms with Gasteiger partial charge in [-0.1, -0.05) is 0 Å². The van der Waals surface area contributed by atoms with Crippen molar-refractivity contribution in [2.75, 3.05) is 14.2 Å². The topological polar surface area (TPSA) is 35.5 Å². The van der Waals surface area contributed by atoms with Crippen LogP contribution in [-0.2, 0) is 0 Å². The zero-order valence-electron chi connectivity index (χ0n) is 7.37. The number of carbonyl (C=O) groups excluding carboxylic acids is 1. The number of hydrogen-bond acceptors (Lipinski definition) is 3. The lowest BCUT2D eigenvalue weighted by Crippen LogP contribution is -1.96. The number of methoxy groups -OCH3 is 2. The number of halogens is 1. The summed E-state index contributed by atoms with van der Waals surface area (Å²) in [7, 11) is 3.04. The molecular formula is C9H10ClO3+. The molecule has 0 saturated heterocycles. The van der Waals surface area contributed by atoms with Crippen LogP contribution < -0.4 is 9.47 Å². The molecule has 0 aliphatic rings. The quantitative estimate of drug-likeness (QED) is 0.688. The number of benzene rings is 1. The van der Waals surface area contributed by atoms with Gasteiger partial charge in [0.05, 0.1) is 19.8 Å². The highest BCUT2D eigenvalue weighted by Gasteiger charge is 2.12. The van der Waals surface area contributed by atoms with Gasteiger partial charge in [0.1, 0.15) is 11.5 Å². The fourth-order valence-corrected chi connectivity index (χ4v) is 1.04. The van der Waals surface area contributed by atoms with Crippen molar-refractivity contribution in [3.63, 3.8) is 0 Å². The summed E-state index contributed by atoms with van der Waals surface area (Å²) in [5, 5.41) is -0.419. The van der Waals surface area contributed by atoms with Crippen LogP contribution in [0.2, 0.25) is 0 Å². The highest BCUT2D eigenvalue weighted by atomic mass is 35.5. The van der Waals surface area contributed by atoms with E-state index in [2.05, 4.69) is 11.6 Å². The molecule has 0 amide bonds. The van der Waals surface area contributed by atoms with E-state index < -0.39 is 5.24 Å². The average Bonchev–Trinajstić information content (AvgIpc) is 2.16. The molecule has 0 saturated carbocycles. The lowest BCUT2D eigenvalue weighted by Gasteiger charge is -2.03. The number of ether oxygens (including phenoxy) is 2. The van der Waals surface area contributed by atoms with Crippen molar-refractivity contribution >= 4 is 5.24 Å². The Morgan fingerprint density at radius 3 is 1.92 bits per heavy atom. The second kappa shape index (κ2) is 4.14. The summed E-state index contributed by atoms with van der Waals surface area (Å²) in [5.41, 5.74) is 0.409. The Hall–Kier alpha value is -1.22. The van der Waals surface area contributed by atoms with Crippen LogP contribution in [0.25, 0.3) is 0 Å². The molecule has 0 fully saturated rings. The molecule has 0 unspecified atom stereocenters. The Bertz CT molecular complexity index is 300. The molecule has 0 atom stereocenters. The Balaban J connectivity index is 3.14. The summed E-state index contributed by atoms with van der Waals surface area (Å²) in [6.45, 7) is 0. The summed E-state index contributed by atoms with van der Waals surface area (Å²) in [4.78, 5) is 10.9. The van der Waals surface area contributed by atoms with Gasteiger partial charge in [0.2, 0.25) is 0 Å². The minimum atomic E-state index is -0.419. The predicted molar refractivity (Wildman–Crippen MR) is 45.3 cm³/mol. The Kier molecular flexibility index (Phi) is 3.14. The first-order chi connectivity index (χ1) is 6.17. The van der Waals surface area contributed by atoms with E-state index in [4.69, 9.17) is 9.47 Å². The van der Waals surface area contributed by atoms with Crippen LogP contribution in [-0.4, -0.2) is 19.5 Å². The van der Waals surface area contributed by atoms with Gasteiger partial charge in [-0.25, -0.2) is 4.79 Å². The van der Waals surface area contributed by atoms with Crippen molar-refractivity contribution < 1.29 is 25.9 Å². The third-order valence-corrected chi connectivity index (χ3v) is 1.82. The maximum atomic E-state index is 10.9. The molecule has 3 nitrogen and oxygen atoms in total. The minimum absolute atomic E-state index is 0.409. The average molecular weight is 202 g/mol. The molecule has 4 heteroatoms. The van der Waals surface area contributed by atoms with Crippen molar-refractivity contribution in [2.24, 2.45) is 0 Å². The molecule has 1 aromatic rings. The first-order valence-corrected chi connectivity index (χ1v) is 4.02. The van der Waals surface area contributed by atoms with E-state index in [1.54, 1.807) is 18.2 Å². The van der Waals surface area contributed by atoms with Gasteiger partial charge in [-0.3, -0.25) is 0 Å². The lowest BCUT2D eigenvalue weighted by molar-refractivity contribution is -0.255. The van der Waals surface area contributed by atoms with Gasteiger partial charge in [-0.05, 0) is 12.1 Å². The maximum Gasteiger partial charge on any atom is 0.431 e. The summed E-state index contributed by atoms with van der Waals surface area (Å²) in [6, 6.07) is 4.84. The third kappa shape index (κ3) is 2.36. The molecule has 0 N–H and O–H groups in total. The van der Waals surface area contributed by atoms with Gasteiger partial charge in [-0.2, -0.15) is 0 Å². The summed E-state index contributed by atoms with van der Waals surface area (Å²) < 4.78 is 9.94. The second-order valence-corrected chi connectivity index (χ2v) is 2.76. The van der Waals surface area contributed by atoms with Crippen LogP contribution >= 0.6 is 0 Å². The van der Waals surface area contributed by atoms with Crippen LogP contribution in [0.3, 0.4) is 0 Å². The van der Waals surface area contributed by atoms with Crippen molar-refractivity contribution in [3.05, 3.63) is 23.8 Å². The first-order valence-electron chi connectivity index (χ1n) is 3.62. The molecule has 0 aromatic heterocycles. The van der Waals surface area contributed by atoms with E-state index in [-0.39, 0.29) is 0 Å². The fourth-order valence-electron chi connectivity index (χ4n) is 0.925. The molecule has 0 radical (unpaired) electrons. The first kappa shape index (κ1) is 9.86. The van der Waals surface area contributed by atoms with Gasteiger partial charge in [0, 0.05) is 6.07 Å². The molecular weight excluding hydrogens is 192 g/mol. The SMILES string of the molecule is COc1cc(OC)cc(C(=O)[ClH+])c1. The molecule has 1 aromatic carbocycles. The molecule has 1 rings (SSSR count). The molecule has 0 spiro atoms. The van der Waals surface area contributed by atoms with E-state index >= 15 is 0 Å². The molecule has 0 aliphatic heterocycles. The predicted octanol–water partition coefficient (Wildman–Crippen LogP) is 1.13. The van der Waals surface area contributed by atoms with E-state index in [0.717, 1.165) is 0 Å². The molecule has 0 aliphatic carbocycles. The van der Waals surface area contributed by atoms with Crippen molar-refractivity contribution in [1.82, 2.24) is 0 Å². The normalized spacial score (nSPS) is 9.46. The molecule has 0 bridgehead atoms. The van der Waals surface area contributed by atoms with Gasteiger partial charge >= 0.3 is 5.24 Å². The smallest absolute Gasteiger partial charge is 0.431 e. The van der Waals surface area contributed by atoms with Gasteiger partial charge in [0.25, 0.3) is 0 Å². The summed E-state index contributed by atoms with van der Waals surface area (Å²) in [6.07, 6.45) is 0. The third-order valence-electron chi connectivity index (χ3n) is 1.59. The van der Waals surface area contributed by atoms with Crippen molar-refractivity contribution in [1.29, 1.82) is 0 Å². The highest BCUT2D eigenvalue weighted by molar-refractivity contribution is 5.86. The number of rotatable bonds is 3. The van der Waals surface area contributed by atoms with Gasteiger partial charge < -0.3 is 9.47 Å². The highest BCUT2D eigenvalue weighted by Crippen LogP contribution is 2.22. The largest absolute Gasteiger partial charge is 0.497 e. The summed E-state index contributed by atoms with van der Waals surface area (Å²) >= 11 is 4.51. The standard InChI is InChI=1S/C9H10ClO3/c1-12-7-3-6(9(10)11)4-8(5-7)13-2/h3-5,10H,1-2H3/q+1. The van der Waals surface area contributed by atoms with Crippen LogP contribution in [0, 0.1) is 11.6 Å². The molecule has 0 heterocycles. The molecule has 70 valence electrons. The fraction of sp³-hybridized carbons (Fsp3) is 0.222. The van der Waals surface area contributed by atoms with E-state index in [1.807, 2.05) is 0 Å². The zero-order valence-corrected chi connectivity index (χ0v) is 8.18. The van der Waals surface area contributed by atoms with Crippen LogP contribution in [0.4, 0.5) is 0 Å². The van der Waals surface area contributed by atoms with Gasteiger partial charge in [-0.15, -0.1) is 0 Å². The monoisotopic (exact) mass is 201 g/mol. The maximum absolute atomic E-state index is 10.9. The van der Waals surface area contributed by atoms with E-state index in [9.17, 15) is 4.79 Å². The second-order valence-electron chi connectivity index (χ2n) is 2.39. The number of carbonyl (C=O) groups is 1. The van der Waals surface area contributed by atoms with Crippen LogP contribution in [0.1, 0.15) is 10.4 Å². The van der Waals surface area contributed by atoms with Crippen molar-refractivity contribution in [2.45, 2.75) is 0 Å². The van der Waals surface area contributed by atoms with Crippen LogP contribution in [0.5, 0.6) is 11.5 Å². The van der Waals surface area contributed by atoms with E-state index in [1.165, 1.54) is 14.2 Å². The van der Waals surface area contributed by atoms with E-state index in [0.29, 0.717) is 17.1 Å². The van der Waals surface area contributed by atoms with Crippen LogP contribution in [0.15, 0.2) is 18.2 Å². The zero-order chi connectivity index (χ0) is 9.84. The number of hydrogen-bond donors (Lipinski definition) is 0. The Morgan fingerprint density at radius 2 is 1.62 bits per heavy atom. The van der Waals surface area contributed by atoms with Gasteiger partial charge in [0.15, 0.2) is 11.6 Å². The Labute approximate surface area is 81.2 Å². The minimum Gasteiger partial charge on any atom is -0.497 e. The Morgan fingerprint density at radius 1 is 1.15 bits per heavy atom.